The topological polar surface area (TPSA) is 55.1 Å². The van der Waals surface area contributed by atoms with Crippen LogP contribution in [0.5, 0.6) is 0 Å². The highest BCUT2D eigenvalue weighted by Crippen LogP contribution is 2.31. The minimum absolute atomic E-state index is 0.267. The van der Waals surface area contributed by atoms with Gasteiger partial charge in [0.25, 0.3) is 5.91 Å². The molecule has 122 valence electrons. The minimum atomic E-state index is -0.267. The van der Waals surface area contributed by atoms with Gasteiger partial charge in [0.05, 0.1) is 5.02 Å². The number of anilines is 1. The summed E-state index contributed by atoms with van der Waals surface area (Å²) in [4.78, 5) is 12.7. The van der Waals surface area contributed by atoms with Gasteiger partial charge < -0.3 is 9.84 Å². The number of carbonyl (C=O) groups is 1. The lowest BCUT2D eigenvalue weighted by atomic mass is 10.1. The number of hydrogen-bond acceptors (Lipinski definition) is 3. The van der Waals surface area contributed by atoms with Crippen LogP contribution in [0.1, 0.15) is 28.6 Å². The van der Waals surface area contributed by atoms with Gasteiger partial charge in [-0.1, -0.05) is 54.0 Å². The Morgan fingerprint density at radius 2 is 2.00 bits per heavy atom. The predicted molar refractivity (Wildman–Crippen MR) is 95.5 cm³/mol. The number of benzene rings is 2. The SMILES string of the molecule is CCc1cccc(NC(=O)c2c(-c3ccccc3Cl)noc2C)c1. The van der Waals surface area contributed by atoms with Gasteiger partial charge in [-0.15, -0.1) is 0 Å². The van der Waals surface area contributed by atoms with Gasteiger partial charge in [0.15, 0.2) is 0 Å². The van der Waals surface area contributed by atoms with Crippen molar-refractivity contribution in [3.8, 4) is 11.3 Å². The van der Waals surface area contributed by atoms with Gasteiger partial charge in [-0.05, 0) is 37.1 Å². The Morgan fingerprint density at radius 3 is 2.75 bits per heavy atom. The predicted octanol–water partition coefficient (Wildman–Crippen LogP) is 5.12. The average Bonchev–Trinajstić information content (AvgIpc) is 2.97. The van der Waals surface area contributed by atoms with E-state index in [0.717, 1.165) is 17.7 Å². The third kappa shape index (κ3) is 3.19. The van der Waals surface area contributed by atoms with E-state index in [1.807, 2.05) is 42.5 Å². The van der Waals surface area contributed by atoms with Gasteiger partial charge in [0, 0.05) is 11.3 Å². The summed E-state index contributed by atoms with van der Waals surface area (Å²) in [5, 5.41) is 7.45. The Labute approximate surface area is 145 Å². The Morgan fingerprint density at radius 1 is 1.21 bits per heavy atom. The van der Waals surface area contributed by atoms with Crippen LogP contribution in [0.4, 0.5) is 5.69 Å². The van der Waals surface area contributed by atoms with E-state index >= 15 is 0 Å². The molecule has 24 heavy (non-hydrogen) atoms. The molecule has 0 bridgehead atoms. The van der Waals surface area contributed by atoms with Crippen molar-refractivity contribution in [2.75, 3.05) is 5.32 Å². The molecule has 5 heteroatoms. The molecule has 0 saturated carbocycles. The first-order chi connectivity index (χ1) is 11.6. The molecular formula is C19H17ClN2O2. The zero-order valence-corrected chi connectivity index (χ0v) is 14.2. The fourth-order valence-corrected chi connectivity index (χ4v) is 2.76. The van der Waals surface area contributed by atoms with E-state index in [1.165, 1.54) is 0 Å². The van der Waals surface area contributed by atoms with Crippen molar-refractivity contribution >= 4 is 23.2 Å². The van der Waals surface area contributed by atoms with Crippen molar-refractivity contribution in [2.24, 2.45) is 0 Å². The average molecular weight is 341 g/mol. The van der Waals surface area contributed by atoms with Crippen LogP contribution in [-0.2, 0) is 6.42 Å². The van der Waals surface area contributed by atoms with E-state index in [4.69, 9.17) is 16.1 Å². The number of aromatic nitrogens is 1. The normalized spacial score (nSPS) is 10.6. The van der Waals surface area contributed by atoms with Gasteiger partial charge >= 0.3 is 0 Å². The van der Waals surface area contributed by atoms with Crippen molar-refractivity contribution in [1.29, 1.82) is 0 Å². The number of halogens is 1. The number of amides is 1. The molecule has 0 aliphatic heterocycles. The van der Waals surface area contributed by atoms with Gasteiger partial charge in [0.1, 0.15) is 17.0 Å². The zero-order valence-electron chi connectivity index (χ0n) is 13.5. The fraction of sp³-hybridized carbons (Fsp3) is 0.158. The number of carbonyl (C=O) groups excluding carboxylic acids is 1. The largest absolute Gasteiger partial charge is 0.360 e. The molecule has 0 unspecified atom stereocenters. The highest BCUT2D eigenvalue weighted by Gasteiger charge is 2.23. The molecule has 0 aliphatic rings. The van der Waals surface area contributed by atoms with E-state index in [-0.39, 0.29) is 5.91 Å². The third-order valence-corrected chi connectivity index (χ3v) is 4.14. The van der Waals surface area contributed by atoms with Crippen LogP contribution in [0.3, 0.4) is 0 Å². The highest BCUT2D eigenvalue weighted by molar-refractivity contribution is 6.33. The summed E-state index contributed by atoms with van der Waals surface area (Å²) >= 11 is 6.23. The molecule has 0 saturated heterocycles. The lowest BCUT2D eigenvalue weighted by Crippen LogP contribution is -2.13. The number of aryl methyl sites for hydroxylation is 2. The van der Waals surface area contributed by atoms with Crippen molar-refractivity contribution < 1.29 is 9.32 Å². The van der Waals surface area contributed by atoms with E-state index in [9.17, 15) is 4.79 Å². The molecule has 2 aromatic carbocycles. The summed E-state index contributed by atoms with van der Waals surface area (Å²) in [6.45, 7) is 3.78. The van der Waals surface area contributed by atoms with E-state index < -0.39 is 0 Å². The molecule has 0 aliphatic carbocycles. The number of nitrogens with one attached hydrogen (secondary N) is 1. The van der Waals surface area contributed by atoms with Crippen LogP contribution in [0, 0.1) is 6.92 Å². The summed E-state index contributed by atoms with van der Waals surface area (Å²) in [7, 11) is 0. The molecule has 1 N–H and O–H groups in total. The Balaban J connectivity index is 1.96. The summed E-state index contributed by atoms with van der Waals surface area (Å²) in [5.41, 5.74) is 3.40. The molecule has 0 spiro atoms. The van der Waals surface area contributed by atoms with Gasteiger partial charge in [0.2, 0.25) is 0 Å². The van der Waals surface area contributed by atoms with Gasteiger partial charge in [-0.25, -0.2) is 0 Å². The van der Waals surface area contributed by atoms with Crippen molar-refractivity contribution in [3.63, 3.8) is 0 Å². The Hall–Kier alpha value is -2.59. The van der Waals surface area contributed by atoms with Crippen LogP contribution in [0.25, 0.3) is 11.3 Å². The molecule has 3 aromatic rings. The number of rotatable bonds is 4. The van der Waals surface area contributed by atoms with Crippen molar-refractivity contribution in [3.05, 3.63) is 70.4 Å². The molecule has 0 radical (unpaired) electrons. The maximum absolute atomic E-state index is 12.7. The molecular weight excluding hydrogens is 324 g/mol. The van der Waals surface area contributed by atoms with E-state index in [0.29, 0.717) is 27.6 Å². The molecule has 1 heterocycles. The molecule has 3 rings (SSSR count). The summed E-state index contributed by atoms with van der Waals surface area (Å²) in [6, 6.07) is 15.0. The zero-order chi connectivity index (χ0) is 17.1. The monoisotopic (exact) mass is 340 g/mol. The summed E-state index contributed by atoms with van der Waals surface area (Å²) in [6.07, 6.45) is 0.904. The molecule has 0 fully saturated rings. The first-order valence-electron chi connectivity index (χ1n) is 7.71. The van der Waals surface area contributed by atoms with E-state index in [1.54, 1.807) is 13.0 Å². The van der Waals surface area contributed by atoms with E-state index in [2.05, 4.69) is 17.4 Å². The van der Waals surface area contributed by atoms with Crippen LogP contribution in [0.2, 0.25) is 5.02 Å². The van der Waals surface area contributed by atoms with Gasteiger partial charge in [-0.3, -0.25) is 4.79 Å². The molecule has 1 amide bonds. The Bertz CT molecular complexity index is 887. The first-order valence-corrected chi connectivity index (χ1v) is 8.09. The van der Waals surface area contributed by atoms with Crippen LogP contribution in [0.15, 0.2) is 53.1 Å². The third-order valence-electron chi connectivity index (χ3n) is 3.81. The maximum atomic E-state index is 12.7. The Kier molecular flexibility index (Phi) is 4.67. The standard InChI is InChI=1S/C19H17ClN2O2/c1-3-13-7-6-8-14(11-13)21-19(23)17-12(2)24-22-18(17)15-9-4-5-10-16(15)20/h4-11H,3H2,1-2H3,(H,21,23). The molecule has 0 atom stereocenters. The lowest BCUT2D eigenvalue weighted by Gasteiger charge is -2.08. The van der Waals surface area contributed by atoms with Crippen molar-refractivity contribution in [2.45, 2.75) is 20.3 Å². The number of nitrogens with zero attached hydrogens (tertiary/aromatic N) is 1. The quantitative estimate of drug-likeness (QED) is 0.717. The molecule has 1 aromatic heterocycles. The van der Waals surface area contributed by atoms with Crippen LogP contribution in [-0.4, -0.2) is 11.1 Å². The van der Waals surface area contributed by atoms with Crippen LogP contribution < -0.4 is 5.32 Å². The first kappa shape index (κ1) is 16.3. The smallest absolute Gasteiger partial charge is 0.261 e. The number of hydrogen-bond donors (Lipinski definition) is 1. The van der Waals surface area contributed by atoms with Crippen LogP contribution >= 0.6 is 11.6 Å². The summed E-state index contributed by atoms with van der Waals surface area (Å²) < 4.78 is 5.24. The van der Waals surface area contributed by atoms with Crippen molar-refractivity contribution in [1.82, 2.24) is 5.16 Å². The second-order valence-corrected chi connectivity index (χ2v) is 5.86. The fourth-order valence-electron chi connectivity index (χ4n) is 2.54. The van der Waals surface area contributed by atoms with Gasteiger partial charge in [-0.2, -0.15) is 0 Å². The second-order valence-electron chi connectivity index (χ2n) is 5.45. The maximum Gasteiger partial charge on any atom is 0.261 e. The highest BCUT2D eigenvalue weighted by atomic mass is 35.5. The summed E-state index contributed by atoms with van der Waals surface area (Å²) in [5.74, 6) is 0.186. The lowest BCUT2D eigenvalue weighted by molar-refractivity contribution is 0.102. The minimum Gasteiger partial charge on any atom is -0.360 e. The second kappa shape index (κ2) is 6.89. The molecule has 4 nitrogen and oxygen atoms in total.